The molecule has 0 amide bonds. The molecule has 0 heterocycles. The molecule has 136 valence electrons. The van der Waals surface area contributed by atoms with Crippen molar-refractivity contribution in [1.82, 2.24) is 4.72 Å². The average Bonchev–Trinajstić information content (AvgIpc) is 2.54. The van der Waals surface area contributed by atoms with Gasteiger partial charge in [0.2, 0.25) is 10.0 Å². The van der Waals surface area contributed by atoms with E-state index < -0.39 is 39.7 Å². The highest BCUT2D eigenvalue weighted by Crippen LogP contribution is 2.38. The van der Waals surface area contributed by atoms with Gasteiger partial charge in [-0.15, -0.1) is 0 Å². The Morgan fingerprint density at radius 1 is 1.00 bits per heavy atom. The molecule has 0 bridgehead atoms. The molecular weight excluding hydrogens is 379 g/mol. The Balaban J connectivity index is 2.22. The normalized spacial score (nSPS) is 14.9. The number of alkyl halides is 3. The largest absolute Gasteiger partial charge is 0.422 e. The summed E-state index contributed by atoms with van der Waals surface area (Å²) in [6.07, 6.45) is -5.07. The second-order valence-electron chi connectivity index (χ2n) is 5.40. The zero-order valence-corrected chi connectivity index (χ0v) is 14.4. The van der Waals surface area contributed by atoms with Gasteiger partial charge in [0.25, 0.3) is 0 Å². The molecule has 0 aliphatic carbocycles. The van der Waals surface area contributed by atoms with E-state index in [9.17, 15) is 26.7 Å². The van der Waals surface area contributed by atoms with E-state index in [0.29, 0.717) is 0 Å². The van der Waals surface area contributed by atoms with Crippen molar-refractivity contribution in [3.8, 4) is 0 Å². The molecule has 0 fully saturated rings. The van der Waals surface area contributed by atoms with Gasteiger partial charge in [0.1, 0.15) is 0 Å². The summed E-state index contributed by atoms with van der Waals surface area (Å²) in [7, 11) is -4.15. The van der Waals surface area contributed by atoms with E-state index >= 15 is 0 Å². The fourth-order valence-corrected chi connectivity index (χ4v) is 3.64. The van der Waals surface area contributed by atoms with Gasteiger partial charge in [-0.05, 0) is 17.2 Å². The number of benzene rings is 2. The minimum absolute atomic E-state index is 0.182. The SMILES string of the molecule is O=S(=O)(Cc1ccccc1Cl)NCC(O)(c1ccccc1)C(F)(F)F. The maximum Gasteiger partial charge on any atom is 0.422 e. The predicted octanol–water partition coefficient (Wildman–Crippen LogP) is 3.21. The summed E-state index contributed by atoms with van der Waals surface area (Å²) in [5.74, 6) is -0.602. The Hall–Kier alpha value is -1.61. The summed E-state index contributed by atoms with van der Waals surface area (Å²) < 4.78 is 66.1. The van der Waals surface area contributed by atoms with Gasteiger partial charge in [-0.3, -0.25) is 0 Å². The van der Waals surface area contributed by atoms with Crippen LogP contribution >= 0.6 is 11.6 Å². The molecule has 0 aromatic heterocycles. The summed E-state index contributed by atoms with van der Waals surface area (Å²) in [4.78, 5) is 0. The van der Waals surface area contributed by atoms with Gasteiger partial charge in [0.15, 0.2) is 5.60 Å². The molecule has 25 heavy (non-hydrogen) atoms. The van der Waals surface area contributed by atoms with Crippen molar-refractivity contribution < 1.29 is 26.7 Å². The zero-order valence-electron chi connectivity index (χ0n) is 12.8. The topological polar surface area (TPSA) is 66.4 Å². The first-order valence-electron chi connectivity index (χ1n) is 7.10. The first kappa shape index (κ1) is 19.7. The van der Waals surface area contributed by atoms with E-state index in [4.69, 9.17) is 11.6 Å². The Bertz CT molecular complexity index is 828. The molecule has 2 aromatic carbocycles. The Kier molecular flexibility index (Phi) is 5.78. The van der Waals surface area contributed by atoms with Crippen LogP contribution in [0.25, 0.3) is 0 Å². The molecule has 0 aliphatic heterocycles. The number of aliphatic hydroxyl groups is 1. The van der Waals surface area contributed by atoms with Crippen molar-refractivity contribution in [2.24, 2.45) is 0 Å². The molecular formula is C16H15ClF3NO3S. The third kappa shape index (κ3) is 4.72. The number of sulfonamides is 1. The Morgan fingerprint density at radius 2 is 1.56 bits per heavy atom. The molecule has 1 atom stereocenters. The number of halogens is 4. The van der Waals surface area contributed by atoms with E-state index in [2.05, 4.69) is 0 Å². The van der Waals surface area contributed by atoms with Crippen molar-refractivity contribution in [3.63, 3.8) is 0 Å². The minimum Gasteiger partial charge on any atom is -0.375 e. The van der Waals surface area contributed by atoms with Crippen LogP contribution in [0.4, 0.5) is 13.2 Å². The first-order chi connectivity index (χ1) is 11.6. The number of hydrogen-bond acceptors (Lipinski definition) is 3. The van der Waals surface area contributed by atoms with E-state index in [1.165, 1.54) is 30.3 Å². The standard InChI is InChI=1S/C16H15ClF3NO3S/c17-14-9-5-4-6-12(14)10-25(23,24)21-11-15(22,16(18,19)20)13-7-2-1-3-8-13/h1-9,21-22H,10-11H2. The molecule has 2 rings (SSSR count). The van der Waals surface area contributed by atoms with Gasteiger partial charge in [-0.2, -0.15) is 13.2 Å². The van der Waals surface area contributed by atoms with Gasteiger partial charge < -0.3 is 5.11 Å². The quantitative estimate of drug-likeness (QED) is 0.792. The fourth-order valence-electron chi connectivity index (χ4n) is 2.17. The molecule has 0 aliphatic rings. The molecule has 2 aromatic rings. The van der Waals surface area contributed by atoms with Crippen LogP contribution in [0.2, 0.25) is 5.02 Å². The fraction of sp³-hybridized carbons (Fsp3) is 0.250. The number of rotatable bonds is 6. The van der Waals surface area contributed by atoms with Crippen LogP contribution in [-0.4, -0.2) is 26.2 Å². The van der Waals surface area contributed by atoms with Crippen molar-refractivity contribution in [3.05, 3.63) is 70.7 Å². The smallest absolute Gasteiger partial charge is 0.375 e. The lowest BCUT2D eigenvalue weighted by atomic mass is 9.93. The molecule has 0 spiro atoms. The molecule has 4 nitrogen and oxygen atoms in total. The third-order valence-corrected chi connectivity index (χ3v) is 5.22. The van der Waals surface area contributed by atoms with E-state index in [0.717, 1.165) is 12.1 Å². The highest BCUT2D eigenvalue weighted by molar-refractivity contribution is 7.88. The third-order valence-electron chi connectivity index (χ3n) is 3.57. The van der Waals surface area contributed by atoms with Gasteiger partial charge in [0.05, 0.1) is 12.3 Å². The van der Waals surface area contributed by atoms with Crippen molar-refractivity contribution >= 4 is 21.6 Å². The highest BCUT2D eigenvalue weighted by atomic mass is 35.5. The molecule has 0 saturated carbocycles. The van der Waals surface area contributed by atoms with Gasteiger partial charge in [0, 0.05) is 5.02 Å². The average molecular weight is 394 g/mol. The van der Waals surface area contributed by atoms with Crippen molar-refractivity contribution in [2.75, 3.05) is 6.54 Å². The van der Waals surface area contributed by atoms with Crippen LogP contribution in [0, 0.1) is 0 Å². The predicted molar refractivity (Wildman–Crippen MR) is 88.5 cm³/mol. The number of hydrogen-bond donors (Lipinski definition) is 2. The van der Waals surface area contributed by atoms with Gasteiger partial charge in [-0.25, -0.2) is 13.1 Å². The lowest BCUT2D eigenvalue weighted by Crippen LogP contribution is -2.51. The summed E-state index contributed by atoms with van der Waals surface area (Å²) in [6.45, 7) is -1.24. The maximum absolute atomic E-state index is 13.4. The molecule has 0 saturated heterocycles. The van der Waals surface area contributed by atoms with E-state index in [-0.39, 0.29) is 10.6 Å². The van der Waals surface area contributed by atoms with Crippen molar-refractivity contribution in [1.29, 1.82) is 0 Å². The first-order valence-corrected chi connectivity index (χ1v) is 9.13. The second kappa shape index (κ2) is 7.33. The number of nitrogens with one attached hydrogen (secondary N) is 1. The van der Waals surface area contributed by atoms with E-state index in [1.54, 1.807) is 12.1 Å². The molecule has 9 heteroatoms. The Morgan fingerprint density at radius 3 is 2.12 bits per heavy atom. The molecule has 0 radical (unpaired) electrons. The lowest BCUT2D eigenvalue weighted by molar-refractivity contribution is -0.263. The van der Waals surface area contributed by atoms with Crippen LogP contribution in [0.3, 0.4) is 0 Å². The maximum atomic E-state index is 13.4. The lowest BCUT2D eigenvalue weighted by Gasteiger charge is -2.31. The van der Waals surface area contributed by atoms with Crippen LogP contribution in [0.15, 0.2) is 54.6 Å². The van der Waals surface area contributed by atoms with Crippen LogP contribution in [0.1, 0.15) is 11.1 Å². The summed E-state index contributed by atoms with van der Waals surface area (Å²) in [6, 6.07) is 12.4. The summed E-state index contributed by atoms with van der Waals surface area (Å²) in [5.41, 5.74) is -3.56. The summed E-state index contributed by atoms with van der Waals surface area (Å²) >= 11 is 5.87. The molecule has 2 N–H and O–H groups in total. The monoisotopic (exact) mass is 393 g/mol. The molecule has 1 unspecified atom stereocenters. The van der Waals surface area contributed by atoms with Crippen molar-refractivity contribution in [2.45, 2.75) is 17.5 Å². The van der Waals surface area contributed by atoms with Crippen LogP contribution in [-0.2, 0) is 21.4 Å². The van der Waals surface area contributed by atoms with Crippen LogP contribution in [0.5, 0.6) is 0 Å². The van der Waals surface area contributed by atoms with Crippen LogP contribution < -0.4 is 4.72 Å². The summed E-state index contributed by atoms with van der Waals surface area (Å²) in [5, 5.41) is 10.3. The second-order valence-corrected chi connectivity index (χ2v) is 7.61. The Labute approximate surface area is 148 Å². The van der Waals surface area contributed by atoms with Gasteiger partial charge >= 0.3 is 6.18 Å². The minimum atomic E-state index is -5.07. The zero-order chi connectivity index (χ0) is 18.7. The highest BCUT2D eigenvalue weighted by Gasteiger charge is 2.55. The van der Waals surface area contributed by atoms with E-state index in [1.807, 2.05) is 4.72 Å². The van der Waals surface area contributed by atoms with Gasteiger partial charge in [-0.1, -0.05) is 60.1 Å².